The number of carbonyl (C=O) groups excluding carboxylic acids is 4. The molecule has 0 radical (unpaired) electrons. The second-order valence-corrected chi connectivity index (χ2v) is 14.7. The minimum absolute atomic E-state index is 0.0227. The van der Waals surface area contributed by atoms with Gasteiger partial charge in [-0.25, -0.2) is 4.79 Å². The zero-order valence-corrected chi connectivity index (χ0v) is 38.1. The van der Waals surface area contributed by atoms with Crippen molar-refractivity contribution in [3.63, 3.8) is 0 Å². The van der Waals surface area contributed by atoms with Crippen LogP contribution < -0.4 is 28.4 Å². The average Bonchev–Trinajstić information content (AvgIpc) is 3.37. The molecule has 0 saturated heterocycles. The van der Waals surface area contributed by atoms with E-state index in [1.165, 1.54) is 18.2 Å². The number of ether oxygens (including phenoxy) is 6. The van der Waals surface area contributed by atoms with Crippen molar-refractivity contribution in [1.82, 2.24) is 19.9 Å². The van der Waals surface area contributed by atoms with Crippen molar-refractivity contribution < 1.29 is 57.5 Å². The Morgan fingerprint density at radius 1 is 0.429 bits per heavy atom. The second kappa shape index (κ2) is 27.8. The lowest BCUT2D eigenvalue weighted by molar-refractivity contribution is -0.121. The van der Waals surface area contributed by atoms with Gasteiger partial charge in [0.2, 0.25) is 0 Å². The standard InChI is InChI=1S/C14H11NO5.C14H13NO3.2C13H11NO2/c16-9-20-13-5-11(14(17)18)4-12(6-13)19-8-10-2-1-3-15-7-10;1-11-6-13(8-14(7-11)18-10-16)17-9-12-2-4-15-5-3-12;1-10-6-12(8-13(7-10)16-9-15)11-2-4-14-5-3-11;1-10-5-12(7-13(6-10)16-9-15)11-3-2-4-14-8-11/h1-7,9H,8H2,(H,17,18);2-8,10H,9H2,1H3;2*2-9H,1H3. The molecule has 0 aliphatic carbocycles. The van der Waals surface area contributed by atoms with Gasteiger partial charge in [0, 0.05) is 72.8 Å². The molecule has 1 N–H and O–H groups in total. The third-order valence-corrected chi connectivity index (χ3v) is 9.28. The van der Waals surface area contributed by atoms with Gasteiger partial charge in [0.05, 0.1) is 5.56 Å². The van der Waals surface area contributed by atoms with E-state index in [0.717, 1.165) is 50.1 Å². The van der Waals surface area contributed by atoms with Crippen LogP contribution in [0.5, 0.6) is 34.5 Å². The predicted octanol–water partition coefficient (Wildman–Crippen LogP) is 9.58. The van der Waals surface area contributed by atoms with Gasteiger partial charge < -0.3 is 33.5 Å². The molecule has 4 aromatic carbocycles. The molecule has 8 rings (SSSR count). The fraction of sp³-hybridized carbons (Fsp3) is 0.0926. The number of aromatic carboxylic acids is 1. The van der Waals surface area contributed by atoms with Crippen molar-refractivity contribution in [3.05, 3.63) is 204 Å². The number of aryl methyl sites for hydroxylation is 3. The topological polar surface area (TPSA) is 213 Å². The van der Waals surface area contributed by atoms with Crippen molar-refractivity contribution in [2.75, 3.05) is 0 Å². The summed E-state index contributed by atoms with van der Waals surface area (Å²) in [6.07, 6.45) is 13.7. The number of nitrogens with zero attached hydrogens (tertiary/aromatic N) is 4. The van der Waals surface area contributed by atoms with Crippen LogP contribution >= 0.6 is 0 Å². The predicted molar refractivity (Wildman–Crippen MR) is 257 cm³/mol. The molecular weight excluding hydrogens is 897 g/mol. The molecule has 16 nitrogen and oxygen atoms in total. The summed E-state index contributed by atoms with van der Waals surface area (Å²) in [7, 11) is 0. The first-order valence-corrected chi connectivity index (χ1v) is 21.0. The molecule has 0 aliphatic rings. The van der Waals surface area contributed by atoms with Gasteiger partial charge in [0.25, 0.3) is 25.9 Å². The highest BCUT2D eigenvalue weighted by Crippen LogP contribution is 2.28. The Morgan fingerprint density at radius 2 is 0.857 bits per heavy atom. The molecule has 0 fully saturated rings. The summed E-state index contributed by atoms with van der Waals surface area (Å²) >= 11 is 0. The number of hydrogen-bond donors (Lipinski definition) is 1. The summed E-state index contributed by atoms with van der Waals surface area (Å²) in [6, 6.07) is 35.8. The number of pyridine rings is 4. The van der Waals surface area contributed by atoms with E-state index in [9.17, 15) is 24.0 Å². The van der Waals surface area contributed by atoms with Crippen molar-refractivity contribution in [1.29, 1.82) is 0 Å². The second-order valence-electron chi connectivity index (χ2n) is 14.7. The lowest BCUT2D eigenvalue weighted by Gasteiger charge is -2.08. The molecule has 0 amide bonds. The highest BCUT2D eigenvalue weighted by molar-refractivity contribution is 5.88. The molecule has 0 atom stereocenters. The number of benzene rings is 4. The molecule has 16 heteroatoms. The van der Waals surface area contributed by atoms with Crippen LogP contribution in [0.1, 0.15) is 38.2 Å². The van der Waals surface area contributed by atoms with E-state index in [4.69, 9.17) is 28.8 Å². The fourth-order valence-corrected chi connectivity index (χ4v) is 6.27. The molecule has 0 aliphatic heterocycles. The fourth-order valence-electron chi connectivity index (χ4n) is 6.27. The van der Waals surface area contributed by atoms with E-state index in [0.29, 0.717) is 54.8 Å². The Hall–Kier alpha value is -9.57. The zero-order chi connectivity index (χ0) is 49.9. The lowest BCUT2D eigenvalue weighted by Crippen LogP contribution is -2.01. The Balaban J connectivity index is 0.000000175. The summed E-state index contributed by atoms with van der Waals surface area (Å²) < 4.78 is 30.3. The summed E-state index contributed by atoms with van der Waals surface area (Å²) in [6.45, 7) is 8.01. The maximum Gasteiger partial charge on any atom is 0.335 e. The van der Waals surface area contributed by atoms with Gasteiger partial charge in [-0.2, -0.15) is 0 Å². The van der Waals surface area contributed by atoms with Gasteiger partial charge >= 0.3 is 5.97 Å². The number of aromatic nitrogens is 4. The molecular formula is C54H46N4O12. The van der Waals surface area contributed by atoms with Crippen molar-refractivity contribution in [3.8, 4) is 56.8 Å². The molecule has 0 bridgehead atoms. The van der Waals surface area contributed by atoms with Gasteiger partial charge in [-0.05, 0) is 145 Å². The van der Waals surface area contributed by atoms with Gasteiger partial charge in [0.1, 0.15) is 47.7 Å². The van der Waals surface area contributed by atoms with Crippen LogP contribution in [0.4, 0.5) is 0 Å². The largest absolute Gasteiger partial charge is 0.489 e. The van der Waals surface area contributed by atoms with E-state index in [1.807, 2.05) is 106 Å². The lowest BCUT2D eigenvalue weighted by atomic mass is 10.0. The highest BCUT2D eigenvalue weighted by Gasteiger charge is 2.10. The maximum absolute atomic E-state index is 11.0. The molecule has 354 valence electrons. The number of rotatable bonds is 17. The number of carbonyl (C=O) groups is 5. The van der Waals surface area contributed by atoms with Crippen LogP contribution in [0.25, 0.3) is 22.3 Å². The van der Waals surface area contributed by atoms with Crippen molar-refractivity contribution in [2.24, 2.45) is 0 Å². The smallest absolute Gasteiger partial charge is 0.335 e. The first-order valence-electron chi connectivity index (χ1n) is 21.0. The van der Waals surface area contributed by atoms with E-state index in [-0.39, 0.29) is 24.4 Å². The van der Waals surface area contributed by atoms with Crippen LogP contribution in [0.15, 0.2) is 171 Å². The van der Waals surface area contributed by atoms with Crippen LogP contribution in [-0.4, -0.2) is 56.9 Å². The van der Waals surface area contributed by atoms with Crippen LogP contribution in [-0.2, 0) is 32.4 Å². The van der Waals surface area contributed by atoms with Gasteiger partial charge in [-0.15, -0.1) is 0 Å². The summed E-state index contributed by atoms with van der Waals surface area (Å²) in [5.41, 5.74) is 8.96. The highest BCUT2D eigenvalue weighted by atomic mass is 16.5. The van der Waals surface area contributed by atoms with Gasteiger partial charge in [-0.3, -0.25) is 39.1 Å². The van der Waals surface area contributed by atoms with Crippen LogP contribution in [0.2, 0.25) is 0 Å². The monoisotopic (exact) mass is 942 g/mol. The molecule has 4 aromatic heterocycles. The summed E-state index contributed by atoms with van der Waals surface area (Å²) in [5.74, 6) is 1.54. The first kappa shape index (κ1) is 51.4. The van der Waals surface area contributed by atoms with Gasteiger partial charge in [-0.1, -0.05) is 24.3 Å². The van der Waals surface area contributed by atoms with Crippen LogP contribution in [0.3, 0.4) is 0 Å². The van der Waals surface area contributed by atoms with E-state index < -0.39 is 5.97 Å². The van der Waals surface area contributed by atoms with Crippen LogP contribution in [0, 0.1) is 20.8 Å². The van der Waals surface area contributed by atoms with Crippen molar-refractivity contribution in [2.45, 2.75) is 34.0 Å². The Kier molecular flexibility index (Phi) is 20.4. The zero-order valence-electron chi connectivity index (χ0n) is 38.1. The Labute approximate surface area is 403 Å². The first-order chi connectivity index (χ1) is 34.0. The normalized spacial score (nSPS) is 9.81. The van der Waals surface area contributed by atoms with E-state index in [2.05, 4.69) is 24.7 Å². The molecule has 4 heterocycles. The molecule has 0 saturated carbocycles. The molecule has 0 spiro atoms. The average molecular weight is 943 g/mol. The van der Waals surface area contributed by atoms with E-state index in [1.54, 1.807) is 67.8 Å². The third kappa shape index (κ3) is 17.7. The Bertz CT molecular complexity index is 2830. The SMILES string of the molecule is Cc1cc(OC=O)cc(-c2cccnc2)c1.Cc1cc(OC=O)cc(-c2ccncc2)c1.Cc1cc(OC=O)cc(OCc2ccncc2)c1.O=COc1cc(OCc2cccnc2)cc(C(=O)O)c1. The third-order valence-electron chi connectivity index (χ3n) is 9.28. The molecule has 8 aromatic rings. The molecule has 70 heavy (non-hydrogen) atoms. The van der Waals surface area contributed by atoms with E-state index >= 15 is 0 Å². The quantitative estimate of drug-likeness (QED) is 0.0842. The number of hydrogen-bond acceptors (Lipinski definition) is 15. The van der Waals surface area contributed by atoms with Crippen molar-refractivity contribution >= 4 is 31.9 Å². The molecule has 0 unspecified atom stereocenters. The summed E-state index contributed by atoms with van der Waals surface area (Å²) in [4.78, 5) is 68.1. The number of carboxylic acids is 1. The minimum atomic E-state index is -1.13. The maximum atomic E-state index is 11.0. The minimum Gasteiger partial charge on any atom is -0.489 e. The van der Waals surface area contributed by atoms with Gasteiger partial charge in [0.15, 0.2) is 0 Å². The summed E-state index contributed by atoms with van der Waals surface area (Å²) in [5, 5.41) is 8.98. The Morgan fingerprint density at radius 3 is 1.36 bits per heavy atom. The number of carboxylic acid groups (broad SMARTS) is 1.